The van der Waals surface area contributed by atoms with Gasteiger partial charge in [-0.25, -0.2) is 0 Å². The molecule has 1 unspecified atom stereocenters. The highest BCUT2D eigenvalue weighted by Crippen LogP contribution is 2.28. The molecule has 0 radical (unpaired) electrons. The van der Waals surface area contributed by atoms with Crippen molar-refractivity contribution in [3.63, 3.8) is 0 Å². The number of morpholine rings is 1. The maximum Gasteiger partial charge on any atom is 0.223 e. The van der Waals surface area contributed by atoms with Crippen molar-refractivity contribution in [3.8, 4) is 0 Å². The van der Waals surface area contributed by atoms with E-state index in [9.17, 15) is 4.79 Å². The summed E-state index contributed by atoms with van der Waals surface area (Å²) in [7, 11) is 0. The molecule has 0 spiro atoms. The van der Waals surface area contributed by atoms with Crippen LogP contribution >= 0.6 is 23.4 Å². The SMILES string of the molecule is CC1(C)CN(C(=O)CC2CCSCC2)CC(CCl)O1. The summed E-state index contributed by atoms with van der Waals surface area (Å²) in [5.41, 5.74) is -0.282. The minimum Gasteiger partial charge on any atom is -0.367 e. The Hall–Kier alpha value is 0.0700. The highest BCUT2D eigenvalue weighted by molar-refractivity contribution is 7.99. The fourth-order valence-corrected chi connectivity index (χ4v) is 4.26. The van der Waals surface area contributed by atoms with E-state index in [1.165, 1.54) is 24.3 Å². The molecule has 110 valence electrons. The number of alkyl halides is 1. The van der Waals surface area contributed by atoms with Crippen LogP contribution in [0.15, 0.2) is 0 Å². The van der Waals surface area contributed by atoms with E-state index in [1.54, 1.807) is 0 Å². The third-order valence-corrected chi connectivity index (χ3v) is 5.20. The van der Waals surface area contributed by atoms with Gasteiger partial charge in [0, 0.05) is 19.5 Å². The lowest BCUT2D eigenvalue weighted by Crippen LogP contribution is -2.55. The van der Waals surface area contributed by atoms with Crippen molar-refractivity contribution >= 4 is 29.3 Å². The molecule has 5 heteroatoms. The molecule has 3 nitrogen and oxygen atoms in total. The number of amides is 1. The zero-order valence-corrected chi connectivity index (χ0v) is 13.4. The summed E-state index contributed by atoms with van der Waals surface area (Å²) in [4.78, 5) is 14.4. The quantitative estimate of drug-likeness (QED) is 0.751. The van der Waals surface area contributed by atoms with Gasteiger partial charge in [0.1, 0.15) is 0 Å². The summed E-state index contributed by atoms with van der Waals surface area (Å²) in [6.07, 6.45) is 3.04. The number of halogens is 1. The molecule has 2 fully saturated rings. The minimum atomic E-state index is -0.282. The summed E-state index contributed by atoms with van der Waals surface area (Å²) in [6.45, 7) is 5.39. The molecule has 0 bridgehead atoms. The molecule has 19 heavy (non-hydrogen) atoms. The van der Waals surface area contributed by atoms with E-state index in [0.717, 1.165) is 0 Å². The van der Waals surface area contributed by atoms with E-state index in [-0.39, 0.29) is 17.6 Å². The maximum absolute atomic E-state index is 12.4. The van der Waals surface area contributed by atoms with Crippen molar-refractivity contribution in [3.05, 3.63) is 0 Å². The Kier molecular flexibility index (Phi) is 5.44. The number of thioether (sulfide) groups is 1. The van der Waals surface area contributed by atoms with Gasteiger partial charge in [0.2, 0.25) is 5.91 Å². The molecule has 2 aliphatic rings. The Morgan fingerprint density at radius 1 is 1.42 bits per heavy atom. The van der Waals surface area contributed by atoms with Crippen molar-refractivity contribution in [1.29, 1.82) is 0 Å². The topological polar surface area (TPSA) is 29.5 Å². The van der Waals surface area contributed by atoms with Gasteiger partial charge in [0.15, 0.2) is 0 Å². The standard InChI is InChI=1S/C14H24ClNO2S/c1-14(2)10-16(9-12(8-15)18-14)13(17)7-11-3-5-19-6-4-11/h11-12H,3-10H2,1-2H3. The molecule has 0 aromatic rings. The summed E-state index contributed by atoms with van der Waals surface area (Å²) in [6, 6.07) is 0. The van der Waals surface area contributed by atoms with Gasteiger partial charge < -0.3 is 9.64 Å². The Morgan fingerprint density at radius 2 is 2.11 bits per heavy atom. The van der Waals surface area contributed by atoms with Crippen molar-refractivity contribution in [2.45, 2.75) is 44.8 Å². The van der Waals surface area contributed by atoms with E-state index in [1.807, 2.05) is 30.5 Å². The number of ether oxygens (including phenoxy) is 1. The van der Waals surface area contributed by atoms with Crippen LogP contribution in [0.2, 0.25) is 0 Å². The third-order valence-electron chi connectivity index (χ3n) is 3.81. The lowest BCUT2D eigenvalue weighted by atomic mass is 9.97. The first-order chi connectivity index (χ1) is 9.00. The van der Waals surface area contributed by atoms with Crippen LogP contribution in [-0.2, 0) is 9.53 Å². The van der Waals surface area contributed by atoms with Gasteiger partial charge in [-0.1, -0.05) is 0 Å². The molecule has 0 aromatic carbocycles. The maximum atomic E-state index is 12.4. The lowest BCUT2D eigenvalue weighted by molar-refractivity contribution is -0.158. The normalized spacial score (nSPS) is 28.4. The second kappa shape index (κ2) is 6.68. The molecular weight excluding hydrogens is 282 g/mol. The van der Waals surface area contributed by atoms with Gasteiger partial charge >= 0.3 is 0 Å². The van der Waals surface area contributed by atoms with Gasteiger partial charge in [-0.15, -0.1) is 11.6 Å². The number of carbonyl (C=O) groups excluding carboxylic acids is 1. The molecular formula is C14H24ClNO2S. The van der Waals surface area contributed by atoms with E-state index >= 15 is 0 Å². The molecule has 0 saturated carbocycles. The molecule has 2 aliphatic heterocycles. The van der Waals surface area contributed by atoms with Crippen LogP contribution < -0.4 is 0 Å². The van der Waals surface area contributed by atoms with Crippen LogP contribution in [-0.4, -0.2) is 53.0 Å². The zero-order valence-electron chi connectivity index (χ0n) is 11.9. The molecule has 1 amide bonds. The first-order valence-electron chi connectivity index (χ1n) is 7.09. The smallest absolute Gasteiger partial charge is 0.223 e. The highest BCUT2D eigenvalue weighted by atomic mass is 35.5. The third kappa shape index (κ3) is 4.54. The van der Waals surface area contributed by atoms with E-state index in [2.05, 4.69) is 0 Å². The largest absolute Gasteiger partial charge is 0.367 e. The highest BCUT2D eigenvalue weighted by Gasteiger charge is 2.35. The fraction of sp³-hybridized carbons (Fsp3) is 0.929. The van der Waals surface area contributed by atoms with Crippen LogP contribution in [0.5, 0.6) is 0 Å². The molecule has 2 rings (SSSR count). The molecule has 2 saturated heterocycles. The summed E-state index contributed by atoms with van der Waals surface area (Å²) >= 11 is 7.91. The number of rotatable bonds is 3. The van der Waals surface area contributed by atoms with E-state index in [4.69, 9.17) is 16.3 Å². The number of hydrogen-bond acceptors (Lipinski definition) is 3. The minimum absolute atomic E-state index is 0.0312. The Morgan fingerprint density at radius 3 is 2.74 bits per heavy atom. The molecule has 1 atom stereocenters. The van der Waals surface area contributed by atoms with Gasteiger partial charge in [-0.05, 0) is 44.1 Å². The summed E-state index contributed by atoms with van der Waals surface area (Å²) in [5.74, 6) is 3.72. The fourth-order valence-electron chi connectivity index (χ4n) is 2.89. The second-order valence-electron chi connectivity index (χ2n) is 6.19. The summed E-state index contributed by atoms with van der Waals surface area (Å²) < 4.78 is 5.86. The van der Waals surface area contributed by atoms with Crippen molar-refractivity contribution in [2.75, 3.05) is 30.5 Å². The average Bonchev–Trinajstić information content (AvgIpc) is 2.38. The van der Waals surface area contributed by atoms with Gasteiger partial charge in [0.25, 0.3) is 0 Å². The number of carbonyl (C=O) groups is 1. The average molecular weight is 306 g/mol. The molecule has 0 N–H and O–H groups in total. The first kappa shape index (κ1) is 15.5. The van der Waals surface area contributed by atoms with Crippen LogP contribution in [0, 0.1) is 5.92 Å². The van der Waals surface area contributed by atoms with Gasteiger partial charge in [-0.2, -0.15) is 11.8 Å². The van der Waals surface area contributed by atoms with Crippen LogP contribution in [0.1, 0.15) is 33.1 Å². The van der Waals surface area contributed by atoms with E-state index < -0.39 is 0 Å². The lowest BCUT2D eigenvalue weighted by Gasteiger charge is -2.42. The van der Waals surface area contributed by atoms with Crippen LogP contribution in [0.25, 0.3) is 0 Å². The van der Waals surface area contributed by atoms with Crippen molar-refractivity contribution < 1.29 is 9.53 Å². The van der Waals surface area contributed by atoms with E-state index in [0.29, 0.717) is 31.3 Å². The zero-order chi connectivity index (χ0) is 13.9. The Balaban J connectivity index is 1.89. The van der Waals surface area contributed by atoms with Gasteiger partial charge in [-0.3, -0.25) is 4.79 Å². The number of hydrogen-bond donors (Lipinski definition) is 0. The van der Waals surface area contributed by atoms with Crippen molar-refractivity contribution in [1.82, 2.24) is 4.90 Å². The predicted molar refractivity (Wildman–Crippen MR) is 80.9 cm³/mol. The molecule has 0 aromatic heterocycles. The second-order valence-corrected chi connectivity index (χ2v) is 7.72. The van der Waals surface area contributed by atoms with Crippen LogP contribution in [0.3, 0.4) is 0 Å². The Labute approximate surface area is 125 Å². The molecule has 0 aliphatic carbocycles. The van der Waals surface area contributed by atoms with Gasteiger partial charge in [0.05, 0.1) is 17.6 Å². The first-order valence-corrected chi connectivity index (χ1v) is 8.78. The summed E-state index contributed by atoms with van der Waals surface area (Å²) in [5, 5.41) is 0. The Bertz CT molecular complexity index is 319. The molecule has 2 heterocycles. The monoisotopic (exact) mass is 305 g/mol. The van der Waals surface area contributed by atoms with Crippen molar-refractivity contribution in [2.24, 2.45) is 5.92 Å². The van der Waals surface area contributed by atoms with Crippen LogP contribution in [0.4, 0.5) is 0 Å². The number of nitrogens with zero attached hydrogens (tertiary/aromatic N) is 1. The predicted octanol–water partition coefficient (Wildman–Crippen LogP) is 2.76.